The molecule has 0 saturated carbocycles. The van der Waals surface area contributed by atoms with Crippen molar-refractivity contribution in [1.29, 1.82) is 0 Å². The predicted octanol–water partition coefficient (Wildman–Crippen LogP) is 2.32. The zero-order valence-electron chi connectivity index (χ0n) is 4.84. The highest BCUT2D eigenvalue weighted by Crippen LogP contribution is 2.14. The Morgan fingerprint density at radius 3 is 2.67 bits per heavy atom. The minimum absolute atomic E-state index is 0.932. The van der Waals surface area contributed by atoms with E-state index < -0.39 is 0 Å². The molecule has 0 saturated heterocycles. The molecular weight excluding hydrogens is 227 g/mol. The molecule has 1 nitrogen and oxygen atoms in total. The molecule has 1 rings (SSSR count). The molecule has 0 bridgehead atoms. The lowest BCUT2D eigenvalue weighted by molar-refractivity contribution is 0.185. The Kier molecular flexibility index (Phi) is 2.33. The van der Waals surface area contributed by atoms with Crippen LogP contribution in [-0.2, 0) is 0 Å². The van der Waals surface area contributed by atoms with Crippen LogP contribution in [0.3, 0.4) is 0 Å². The maximum Gasteiger partial charge on any atom is 0.226 e. The Balaban J connectivity index is 2.94. The van der Waals surface area contributed by atoms with Gasteiger partial charge in [0.2, 0.25) is 5.75 Å². The first-order valence-corrected chi connectivity index (χ1v) is 3.63. The lowest BCUT2D eigenvalue weighted by Gasteiger charge is -2.01. The van der Waals surface area contributed by atoms with Gasteiger partial charge < -0.3 is 4.74 Å². The van der Waals surface area contributed by atoms with Crippen LogP contribution in [0, 0.1) is 10.7 Å². The summed E-state index contributed by atoms with van der Waals surface area (Å²) in [5.41, 5.74) is 0. The molecule has 0 aliphatic heterocycles. The number of hydrogen-bond acceptors (Lipinski definition) is 0. The minimum atomic E-state index is 0.932. The standard InChI is InChI=1S/C7H7IO/c1-9-7-4-2-3-6(8)5-7/h2-5,9H,1H2. The fourth-order valence-corrected chi connectivity index (χ4v) is 1.10. The van der Waals surface area contributed by atoms with Gasteiger partial charge in [0.25, 0.3) is 0 Å². The summed E-state index contributed by atoms with van der Waals surface area (Å²) in [7, 11) is 3.42. The molecule has 48 valence electrons. The molecule has 0 heterocycles. The quantitative estimate of drug-likeness (QED) is 0.402. The van der Waals surface area contributed by atoms with Gasteiger partial charge in [0.15, 0.2) is 0 Å². The molecular formula is C7H7IO. The topological polar surface area (TPSA) is 12.8 Å². The summed E-state index contributed by atoms with van der Waals surface area (Å²) in [5, 5.41) is 0. The van der Waals surface area contributed by atoms with Gasteiger partial charge in [-0.3, -0.25) is 0 Å². The maximum atomic E-state index is 3.78. The van der Waals surface area contributed by atoms with Crippen molar-refractivity contribution in [3.05, 3.63) is 34.9 Å². The Bertz CT molecular complexity index is 198. The molecule has 0 fully saturated rings. The van der Waals surface area contributed by atoms with Crippen molar-refractivity contribution in [1.82, 2.24) is 0 Å². The number of benzene rings is 1. The molecule has 0 spiro atoms. The zero-order chi connectivity index (χ0) is 6.69. The predicted molar refractivity (Wildman–Crippen MR) is 46.2 cm³/mol. The van der Waals surface area contributed by atoms with Gasteiger partial charge in [-0.1, -0.05) is 6.07 Å². The molecule has 0 aromatic heterocycles. The lowest BCUT2D eigenvalue weighted by Crippen LogP contribution is -1.74. The highest BCUT2D eigenvalue weighted by molar-refractivity contribution is 14.1. The third-order valence-corrected chi connectivity index (χ3v) is 1.66. The van der Waals surface area contributed by atoms with Crippen molar-refractivity contribution in [2.75, 3.05) is 0 Å². The molecule has 0 amide bonds. The summed E-state index contributed by atoms with van der Waals surface area (Å²) in [5.74, 6) is 0.932. The third kappa shape index (κ3) is 1.86. The van der Waals surface area contributed by atoms with Gasteiger partial charge in [-0.25, -0.2) is 0 Å². The molecule has 0 unspecified atom stereocenters. The van der Waals surface area contributed by atoms with Gasteiger partial charge in [0.05, 0.1) is 0 Å². The Hall–Kier alpha value is -0.250. The molecule has 1 N–H and O–H groups in total. The van der Waals surface area contributed by atoms with E-state index in [0.29, 0.717) is 0 Å². The van der Waals surface area contributed by atoms with E-state index in [-0.39, 0.29) is 0 Å². The van der Waals surface area contributed by atoms with Crippen LogP contribution in [0.15, 0.2) is 24.3 Å². The average Bonchev–Trinajstić information content (AvgIpc) is 1.88. The average molecular weight is 234 g/mol. The van der Waals surface area contributed by atoms with Gasteiger partial charge in [0.1, 0.15) is 0 Å². The van der Waals surface area contributed by atoms with Gasteiger partial charge in [-0.05, 0) is 35.8 Å². The van der Waals surface area contributed by atoms with Crippen LogP contribution in [0.5, 0.6) is 5.75 Å². The van der Waals surface area contributed by atoms with Crippen molar-refractivity contribution in [2.45, 2.75) is 0 Å². The first-order valence-electron chi connectivity index (χ1n) is 2.55. The highest BCUT2D eigenvalue weighted by atomic mass is 127. The highest BCUT2D eigenvalue weighted by Gasteiger charge is 1.90. The van der Waals surface area contributed by atoms with E-state index in [2.05, 4.69) is 34.4 Å². The van der Waals surface area contributed by atoms with Crippen LogP contribution >= 0.6 is 22.6 Å². The first kappa shape index (κ1) is 6.86. The number of aliphatic hydroxyl groups is 1. The van der Waals surface area contributed by atoms with Crippen molar-refractivity contribution in [2.24, 2.45) is 0 Å². The van der Waals surface area contributed by atoms with Gasteiger partial charge in [-0.2, -0.15) is 0 Å². The summed E-state index contributed by atoms with van der Waals surface area (Å²) >= 11 is 2.24. The van der Waals surface area contributed by atoms with E-state index >= 15 is 0 Å². The lowest BCUT2D eigenvalue weighted by atomic mass is 10.3. The van der Waals surface area contributed by atoms with Crippen molar-refractivity contribution in [3.63, 3.8) is 0 Å². The normalized spacial score (nSPS) is 9.11. The van der Waals surface area contributed by atoms with E-state index in [0.717, 1.165) is 5.75 Å². The number of rotatable bonds is 1. The molecule has 9 heavy (non-hydrogen) atoms. The van der Waals surface area contributed by atoms with Crippen LogP contribution in [-0.4, -0.2) is 4.74 Å². The van der Waals surface area contributed by atoms with E-state index in [4.69, 9.17) is 0 Å². The van der Waals surface area contributed by atoms with E-state index in [1.54, 1.807) is 0 Å². The van der Waals surface area contributed by atoms with Gasteiger partial charge in [-0.15, -0.1) is 0 Å². The van der Waals surface area contributed by atoms with Crippen LogP contribution in [0.2, 0.25) is 0 Å². The third-order valence-electron chi connectivity index (χ3n) is 0.991. The Morgan fingerprint density at radius 1 is 1.44 bits per heavy atom. The first-order chi connectivity index (χ1) is 4.33. The van der Waals surface area contributed by atoms with Gasteiger partial charge in [0, 0.05) is 15.7 Å². The number of aromatic hydroxyl groups is 1. The second kappa shape index (κ2) is 3.06. The summed E-state index contributed by atoms with van der Waals surface area (Å²) in [6.07, 6.45) is 0. The van der Waals surface area contributed by atoms with E-state index in [1.807, 2.05) is 24.3 Å². The summed E-state index contributed by atoms with van der Waals surface area (Å²) in [6.45, 7) is 0. The number of halogens is 1. The summed E-state index contributed by atoms with van der Waals surface area (Å²) < 4.78 is 4.97. The van der Waals surface area contributed by atoms with Crippen molar-refractivity contribution < 1.29 is 4.74 Å². The van der Waals surface area contributed by atoms with Crippen molar-refractivity contribution in [3.8, 4) is 5.75 Å². The number of hydrogen-bond donors (Lipinski definition) is 0. The maximum absolute atomic E-state index is 3.78. The fraction of sp³-hybridized carbons (Fsp3) is 0. The smallest absolute Gasteiger partial charge is 0.226 e. The monoisotopic (exact) mass is 234 g/mol. The second-order valence-electron chi connectivity index (χ2n) is 1.64. The molecule has 0 aliphatic rings. The van der Waals surface area contributed by atoms with E-state index in [1.165, 1.54) is 3.57 Å². The fourth-order valence-electron chi connectivity index (χ4n) is 0.574. The van der Waals surface area contributed by atoms with Crippen LogP contribution in [0.25, 0.3) is 0 Å². The Labute approximate surface area is 68.2 Å². The van der Waals surface area contributed by atoms with Gasteiger partial charge >= 0.3 is 0 Å². The molecule has 0 radical (unpaired) electrons. The Morgan fingerprint density at radius 2 is 2.22 bits per heavy atom. The molecule has 2 heteroatoms. The summed E-state index contributed by atoms with van der Waals surface area (Å²) in [4.78, 5) is 0. The number of ether oxygens (including phenoxy) is 1. The van der Waals surface area contributed by atoms with Crippen LogP contribution in [0.1, 0.15) is 0 Å². The van der Waals surface area contributed by atoms with Crippen molar-refractivity contribution >= 4 is 22.6 Å². The SMILES string of the molecule is [CH2-][OH+]c1cccc(I)c1. The largest absolute Gasteiger partial charge is 0.722 e. The second-order valence-corrected chi connectivity index (χ2v) is 2.88. The molecule has 1 aromatic rings. The zero-order valence-corrected chi connectivity index (χ0v) is 7.00. The molecule has 1 aromatic carbocycles. The molecule has 0 aliphatic carbocycles. The van der Waals surface area contributed by atoms with E-state index in [9.17, 15) is 0 Å². The van der Waals surface area contributed by atoms with Crippen LogP contribution in [0.4, 0.5) is 0 Å². The summed E-state index contributed by atoms with van der Waals surface area (Å²) in [6, 6.07) is 7.89. The molecule has 0 atom stereocenters. The minimum Gasteiger partial charge on any atom is -0.722 e. The van der Waals surface area contributed by atoms with Crippen LogP contribution < -0.4 is 0 Å².